The van der Waals surface area contributed by atoms with Crippen LogP contribution in [-0.4, -0.2) is 42.3 Å². The lowest BCUT2D eigenvalue weighted by molar-refractivity contribution is 0.0518. The molecule has 0 unspecified atom stereocenters. The molecule has 8 nitrogen and oxygen atoms in total. The van der Waals surface area contributed by atoms with E-state index in [-0.39, 0.29) is 5.69 Å². The van der Waals surface area contributed by atoms with Gasteiger partial charge in [-0.2, -0.15) is 5.10 Å². The topological polar surface area (TPSA) is 87.7 Å². The maximum absolute atomic E-state index is 11.6. The van der Waals surface area contributed by atoms with E-state index < -0.39 is 5.97 Å². The summed E-state index contributed by atoms with van der Waals surface area (Å²) in [6.45, 7) is 4.24. The van der Waals surface area contributed by atoms with Crippen molar-refractivity contribution < 1.29 is 9.53 Å². The Labute approximate surface area is 104 Å². The summed E-state index contributed by atoms with van der Waals surface area (Å²) >= 11 is 0. The van der Waals surface area contributed by atoms with Crippen LogP contribution in [0, 0.1) is 6.92 Å². The highest BCUT2D eigenvalue weighted by Gasteiger charge is 2.18. The molecule has 2 aromatic rings. The fourth-order valence-electron chi connectivity index (χ4n) is 1.50. The second kappa shape index (κ2) is 4.94. The third-order valence-electron chi connectivity index (χ3n) is 2.55. The monoisotopic (exact) mass is 250 g/mol. The van der Waals surface area contributed by atoms with Crippen molar-refractivity contribution in [3.63, 3.8) is 0 Å². The minimum absolute atomic E-state index is 0.235. The van der Waals surface area contributed by atoms with Crippen molar-refractivity contribution in [2.45, 2.75) is 20.4 Å². The molecule has 0 N–H and O–H groups in total. The molecule has 0 aliphatic heterocycles. The van der Waals surface area contributed by atoms with Gasteiger partial charge >= 0.3 is 5.97 Å². The number of hydrogen-bond acceptors (Lipinski definition) is 6. The van der Waals surface area contributed by atoms with Gasteiger partial charge in [0.05, 0.1) is 12.3 Å². The van der Waals surface area contributed by atoms with Crippen LogP contribution in [0.5, 0.6) is 0 Å². The quantitative estimate of drug-likeness (QED) is 0.706. The molecule has 2 rings (SSSR count). The van der Waals surface area contributed by atoms with E-state index in [4.69, 9.17) is 4.74 Å². The Morgan fingerprint density at radius 1 is 1.50 bits per heavy atom. The van der Waals surface area contributed by atoms with Gasteiger partial charge in [0.25, 0.3) is 0 Å². The van der Waals surface area contributed by atoms with Crippen molar-refractivity contribution in [3.05, 3.63) is 23.5 Å². The van der Waals surface area contributed by atoms with E-state index in [0.717, 1.165) is 5.82 Å². The molecule has 8 heteroatoms. The average molecular weight is 250 g/mol. The number of rotatable bonds is 4. The normalized spacial score (nSPS) is 10.6. The molecular weight excluding hydrogens is 236 g/mol. The second-order valence-electron chi connectivity index (χ2n) is 3.70. The van der Waals surface area contributed by atoms with Crippen LogP contribution < -0.4 is 0 Å². The standard InChI is InChI=1S/C10H14N6O2/c1-4-18-10(17)9-7(2)16(14-13-9)5-8-11-6-12-15(8)3/h6H,4-5H2,1-3H3. The lowest BCUT2D eigenvalue weighted by Gasteiger charge is -2.03. The molecule has 2 heterocycles. The van der Waals surface area contributed by atoms with Gasteiger partial charge in [-0.15, -0.1) is 5.10 Å². The van der Waals surface area contributed by atoms with Crippen LogP contribution in [0.25, 0.3) is 0 Å². The fraction of sp³-hybridized carbons (Fsp3) is 0.500. The zero-order valence-electron chi connectivity index (χ0n) is 10.5. The van der Waals surface area contributed by atoms with Gasteiger partial charge < -0.3 is 4.74 Å². The van der Waals surface area contributed by atoms with Gasteiger partial charge in [-0.25, -0.2) is 14.5 Å². The summed E-state index contributed by atoms with van der Waals surface area (Å²) in [6.07, 6.45) is 1.47. The van der Waals surface area contributed by atoms with Crippen LogP contribution in [-0.2, 0) is 18.3 Å². The average Bonchev–Trinajstić information content (AvgIpc) is 2.89. The van der Waals surface area contributed by atoms with Crippen molar-refractivity contribution in [3.8, 4) is 0 Å². The van der Waals surface area contributed by atoms with Gasteiger partial charge in [-0.3, -0.25) is 4.68 Å². The van der Waals surface area contributed by atoms with Gasteiger partial charge in [-0.1, -0.05) is 5.21 Å². The molecule has 0 atom stereocenters. The fourth-order valence-corrected chi connectivity index (χ4v) is 1.50. The Morgan fingerprint density at radius 3 is 2.89 bits per heavy atom. The van der Waals surface area contributed by atoms with Crippen LogP contribution in [0.1, 0.15) is 28.9 Å². The molecule has 0 fully saturated rings. The molecule has 2 aromatic heterocycles. The summed E-state index contributed by atoms with van der Waals surface area (Å²) in [7, 11) is 1.79. The molecule has 96 valence electrons. The molecule has 0 bridgehead atoms. The first-order valence-corrected chi connectivity index (χ1v) is 5.53. The van der Waals surface area contributed by atoms with E-state index in [0.29, 0.717) is 18.8 Å². The number of ether oxygens (including phenoxy) is 1. The SMILES string of the molecule is CCOC(=O)c1nnn(Cc2ncnn2C)c1C. The second-order valence-corrected chi connectivity index (χ2v) is 3.70. The molecule has 0 aromatic carbocycles. The molecular formula is C10H14N6O2. The first kappa shape index (κ1) is 12.2. The number of esters is 1. The zero-order valence-corrected chi connectivity index (χ0v) is 10.5. The summed E-state index contributed by atoms with van der Waals surface area (Å²) < 4.78 is 8.13. The smallest absolute Gasteiger partial charge is 0.360 e. The Kier molecular flexibility index (Phi) is 3.35. The Balaban J connectivity index is 2.21. The summed E-state index contributed by atoms with van der Waals surface area (Å²) in [5.41, 5.74) is 0.885. The number of carbonyl (C=O) groups excluding carboxylic acids is 1. The highest BCUT2D eigenvalue weighted by atomic mass is 16.5. The lowest BCUT2D eigenvalue weighted by atomic mass is 10.3. The maximum Gasteiger partial charge on any atom is 0.360 e. The number of nitrogens with zero attached hydrogens (tertiary/aromatic N) is 6. The number of aromatic nitrogens is 6. The van der Waals surface area contributed by atoms with E-state index >= 15 is 0 Å². The van der Waals surface area contributed by atoms with E-state index in [9.17, 15) is 4.79 Å². The van der Waals surface area contributed by atoms with Gasteiger partial charge in [-0.05, 0) is 13.8 Å². The molecule has 0 saturated heterocycles. The first-order valence-electron chi connectivity index (χ1n) is 5.53. The van der Waals surface area contributed by atoms with Gasteiger partial charge in [0.2, 0.25) is 0 Å². The molecule has 0 aliphatic carbocycles. The zero-order chi connectivity index (χ0) is 13.1. The number of aryl methyl sites for hydroxylation is 1. The van der Waals surface area contributed by atoms with Crippen LogP contribution >= 0.6 is 0 Å². The van der Waals surface area contributed by atoms with Crippen molar-refractivity contribution in [1.29, 1.82) is 0 Å². The van der Waals surface area contributed by atoms with Crippen molar-refractivity contribution in [2.24, 2.45) is 7.05 Å². The highest BCUT2D eigenvalue weighted by Crippen LogP contribution is 2.07. The van der Waals surface area contributed by atoms with E-state index in [1.54, 1.807) is 30.3 Å². The lowest BCUT2D eigenvalue weighted by Crippen LogP contribution is -2.11. The van der Waals surface area contributed by atoms with Crippen molar-refractivity contribution >= 4 is 5.97 Å². The molecule has 18 heavy (non-hydrogen) atoms. The summed E-state index contributed by atoms with van der Waals surface area (Å²) in [5.74, 6) is 0.276. The van der Waals surface area contributed by atoms with Gasteiger partial charge in [0, 0.05) is 7.05 Å². The minimum atomic E-state index is -0.459. The van der Waals surface area contributed by atoms with Gasteiger partial charge in [0.1, 0.15) is 18.7 Å². The summed E-state index contributed by atoms with van der Waals surface area (Å²) in [4.78, 5) is 15.7. The minimum Gasteiger partial charge on any atom is -0.461 e. The maximum atomic E-state index is 11.6. The largest absolute Gasteiger partial charge is 0.461 e. The van der Waals surface area contributed by atoms with Crippen LogP contribution in [0.2, 0.25) is 0 Å². The number of carbonyl (C=O) groups is 1. The Hall–Kier alpha value is -2.25. The van der Waals surface area contributed by atoms with Crippen molar-refractivity contribution in [2.75, 3.05) is 6.61 Å². The predicted molar refractivity (Wildman–Crippen MR) is 60.8 cm³/mol. The predicted octanol–water partition coefficient (Wildman–Crippen LogP) is -0.0600. The number of hydrogen-bond donors (Lipinski definition) is 0. The van der Waals surface area contributed by atoms with Crippen LogP contribution in [0.15, 0.2) is 6.33 Å². The molecule has 0 spiro atoms. The van der Waals surface area contributed by atoms with E-state index in [1.165, 1.54) is 6.33 Å². The molecule has 0 amide bonds. The Morgan fingerprint density at radius 2 is 2.28 bits per heavy atom. The third kappa shape index (κ3) is 2.22. The highest BCUT2D eigenvalue weighted by molar-refractivity contribution is 5.88. The Bertz CT molecular complexity index is 558. The van der Waals surface area contributed by atoms with Gasteiger partial charge in [0.15, 0.2) is 5.69 Å². The van der Waals surface area contributed by atoms with Crippen molar-refractivity contribution in [1.82, 2.24) is 29.8 Å². The summed E-state index contributed by atoms with van der Waals surface area (Å²) in [5, 5.41) is 11.7. The molecule has 0 radical (unpaired) electrons. The van der Waals surface area contributed by atoms with E-state index in [1.807, 2.05) is 0 Å². The van der Waals surface area contributed by atoms with E-state index in [2.05, 4.69) is 20.4 Å². The summed E-state index contributed by atoms with van der Waals surface area (Å²) in [6, 6.07) is 0. The molecule has 0 saturated carbocycles. The third-order valence-corrected chi connectivity index (χ3v) is 2.55. The van der Waals surface area contributed by atoms with Crippen LogP contribution in [0.4, 0.5) is 0 Å². The molecule has 0 aliphatic rings. The van der Waals surface area contributed by atoms with Crippen LogP contribution in [0.3, 0.4) is 0 Å². The first-order chi connectivity index (χ1) is 8.63.